The quantitative estimate of drug-likeness (QED) is 0.458. The summed E-state index contributed by atoms with van der Waals surface area (Å²) < 4.78 is 38.6. The summed E-state index contributed by atoms with van der Waals surface area (Å²) in [6, 6.07) is 9.11. The molecular formula is C22H28ClN3O6S. The Hall–Kier alpha value is -2.82. The van der Waals surface area contributed by atoms with Crippen LogP contribution in [-0.4, -0.2) is 39.5 Å². The number of nitrogens with one attached hydrogen (secondary N) is 3. The van der Waals surface area contributed by atoms with Crippen molar-refractivity contribution in [2.75, 3.05) is 7.11 Å². The van der Waals surface area contributed by atoms with Gasteiger partial charge < -0.3 is 9.47 Å². The van der Waals surface area contributed by atoms with Crippen LogP contribution in [0.25, 0.3) is 0 Å². The number of ether oxygens (including phenoxy) is 2. The highest BCUT2D eigenvalue weighted by Crippen LogP contribution is 2.29. The molecule has 0 aliphatic rings. The number of amides is 2. The highest BCUT2D eigenvalue weighted by Gasteiger charge is 2.29. The smallest absolute Gasteiger partial charge is 0.269 e. The third kappa shape index (κ3) is 7.34. The first-order valence-electron chi connectivity index (χ1n) is 10.2. The Labute approximate surface area is 198 Å². The highest BCUT2D eigenvalue weighted by molar-refractivity contribution is 7.89. The van der Waals surface area contributed by atoms with Gasteiger partial charge in [-0.3, -0.25) is 20.4 Å². The average molecular weight is 498 g/mol. The Morgan fingerprint density at radius 2 is 1.67 bits per heavy atom. The minimum Gasteiger partial charge on any atom is -0.493 e. The van der Waals surface area contributed by atoms with Crippen molar-refractivity contribution in [3.63, 3.8) is 0 Å². The molecule has 1 atom stereocenters. The van der Waals surface area contributed by atoms with Gasteiger partial charge in [0.1, 0.15) is 6.04 Å². The van der Waals surface area contributed by atoms with Crippen LogP contribution in [0.5, 0.6) is 11.5 Å². The van der Waals surface area contributed by atoms with Gasteiger partial charge in [0, 0.05) is 10.6 Å². The third-order valence-corrected chi connectivity index (χ3v) is 6.10. The number of methoxy groups -OCH3 is 1. The predicted octanol–water partition coefficient (Wildman–Crippen LogP) is 2.90. The van der Waals surface area contributed by atoms with Crippen LogP contribution < -0.4 is 25.0 Å². The Balaban J connectivity index is 2.10. The molecule has 0 aliphatic carbocycles. The number of halogens is 1. The second kappa shape index (κ2) is 11.4. The van der Waals surface area contributed by atoms with Crippen molar-refractivity contribution in [2.24, 2.45) is 5.92 Å². The summed E-state index contributed by atoms with van der Waals surface area (Å²) in [7, 11) is -2.58. The first-order chi connectivity index (χ1) is 15.4. The fourth-order valence-corrected chi connectivity index (χ4v) is 4.43. The zero-order valence-electron chi connectivity index (χ0n) is 19.0. The van der Waals surface area contributed by atoms with Gasteiger partial charge in [-0.15, -0.1) is 0 Å². The number of hydrogen-bond acceptors (Lipinski definition) is 6. The van der Waals surface area contributed by atoms with Gasteiger partial charge >= 0.3 is 0 Å². The lowest BCUT2D eigenvalue weighted by atomic mass is 10.1. The minimum atomic E-state index is -4.02. The Morgan fingerprint density at radius 3 is 2.24 bits per heavy atom. The van der Waals surface area contributed by atoms with Crippen molar-refractivity contribution < 1.29 is 27.5 Å². The number of sulfonamides is 1. The van der Waals surface area contributed by atoms with Crippen molar-refractivity contribution in [3.05, 3.63) is 53.1 Å². The van der Waals surface area contributed by atoms with Crippen LogP contribution in [0.3, 0.4) is 0 Å². The van der Waals surface area contributed by atoms with Crippen molar-refractivity contribution >= 4 is 33.4 Å². The molecule has 0 aliphatic heterocycles. The van der Waals surface area contributed by atoms with Crippen LogP contribution in [0.2, 0.25) is 5.02 Å². The molecule has 33 heavy (non-hydrogen) atoms. The van der Waals surface area contributed by atoms with Crippen molar-refractivity contribution in [2.45, 2.75) is 44.7 Å². The summed E-state index contributed by atoms with van der Waals surface area (Å²) in [4.78, 5) is 25.1. The van der Waals surface area contributed by atoms with E-state index in [-0.39, 0.29) is 21.6 Å². The molecule has 11 heteroatoms. The van der Waals surface area contributed by atoms with Crippen molar-refractivity contribution in [3.8, 4) is 11.5 Å². The van der Waals surface area contributed by atoms with E-state index in [4.69, 9.17) is 21.1 Å². The van der Waals surface area contributed by atoms with Crippen LogP contribution in [0.4, 0.5) is 0 Å². The fraction of sp³-hybridized carbons (Fsp3) is 0.364. The zero-order valence-corrected chi connectivity index (χ0v) is 20.6. The summed E-state index contributed by atoms with van der Waals surface area (Å²) >= 11 is 5.88. The SMILES string of the molecule is COc1cc(C(=O)NNC(=O)[C@@H](NS(=O)(=O)c2cccc(Cl)c2)C(C)C)ccc1OC(C)C. The predicted molar refractivity (Wildman–Crippen MR) is 125 cm³/mol. The number of rotatable bonds is 9. The molecule has 0 saturated heterocycles. The van der Waals surface area contributed by atoms with Crippen LogP contribution in [0.15, 0.2) is 47.4 Å². The van der Waals surface area contributed by atoms with Gasteiger partial charge in [-0.05, 0) is 56.2 Å². The summed E-state index contributed by atoms with van der Waals surface area (Å²) in [6.07, 6.45) is -0.0819. The zero-order chi connectivity index (χ0) is 24.8. The van der Waals surface area contributed by atoms with Crippen LogP contribution >= 0.6 is 11.6 Å². The Bertz CT molecular complexity index is 1110. The van der Waals surface area contributed by atoms with Gasteiger partial charge in [-0.2, -0.15) is 4.72 Å². The average Bonchev–Trinajstić information content (AvgIpc) is 2.75. The van der Waals surface area contributed by atoms with Gasteiger partial charge in [-0.25, -0.2) is 8.42 Å². The maximum atomic E-state index is 12.7. The van der Waals surface area contributed by atoms with E-state index in [1.54, 1.807) is 26.0 Å². The number of carbonyl (C=O) groups excluding carboxylic acids is 2. The first kappa shape index (κ1) is 26.4. The monoisotopic (exact) mass is 497 g/mol. The molecule has 2 aromatic rings. The van der Waals surface area contributed by atoms with Crippen LogP contribution in [-0.2, 0) is 14.8 Å². The summed E-state index contributed by atoms with van der Waals surface area (Å²) in [6.45, 7) is 7.07. The lowest BCUT2D eigenvalue weighted by molar-refractivity contribution is -0.124. The molecular weight excluding hydrogens is 470 g/mol. The molecule has 180 valence electrons. The van der Waals surface area contributed by atoms with E-state index >= 15 is 0 Å². The topological polar surface area (TPSA) is 123 Å². The van der Waals surface area contributed by atoms with E-state index in [0.717, 1.165) is 0 Å². The van der Waals surface area contributed by atoms with Gasteiger partial charge in [0.25, 0.3) is 11.8 Å². The molecule has 2 rings (SSSR count). The van der Waals surface area contributed by atoms with Crippen molar-refractivity contribution in [1.29, 1.82) is 0 Å². The van der Waals surface area contributed by atoms with Crippen LogP contribution in [0, 0.1) is 5.92 Å². The van der Waals surface area contributed by atoms with E-state index in [0.29, 0.717) is 11.5 Å². The number of hydrogen-bond donors (Lipinski definition) is 3. The molecule has 0 aromatic heterocycles. The molecule has 0 bridgehead atoms. The van der Waals surface area contributed by atoms with E-state index in [9.17, 15) is 18.0 Å². The second-order valence-electron chi connectivity index (χ2n) is 7.78. The van der Waals surface area contributed by atoms with E-state index in [1.807, 2.05) is 13.8 Å². The summed E-state index contributed by atoms with van der Waals surface area (Å²) in [5, 5.41) is 0.246. The molecule has 0 unspecified atom stereocenters. The van der Waals surface area contributed by atoms with Crippen molar-refractivity contribution in [1.82, 2.24) is 15.6 Å². The maximum absolute atomic E-state index is 12.7. The normalized spacial score (nSPS) is 12.4. The molecule has 2 aromatic carbocycles. The van der Waals surface area contributed by atoms with E-state index in [1.165, 1.54) is 37.4 Å². The molecule has 2 amide bonds. The molecule has 0 fully saturated rings. The molecule has 0 heterocycles. The molecule has 3 N–H and O–H groups in total. The van der Waals surface area contributed by atoms with E-state index in [2.05, 4.69) is 15.6 Å². The van der Waals surface area contributed by atoms with Gasteiger partial charge in [-0.1, -0.05) is 31.5 Å². The number of carbonyl (C=O) groups is 2. The van der Waals surface area contributed by atoms with E-state index < -0.39 is 33.8 Å². The maximum Gasteiger partial charge on any atom is 0.269 e. The number of benzene rings is 2. The Kier molecular flexibility index (Phi) is 9.09. The summed E-state index contributed by atoms with van der Waals surface area (Å²) in [5.41, 5.74) is 4.77. The molecule has 0 saturated carbocycles. The lowest BCUT2D eigenvalue weighted by Gasteiger charge is -2.22. The lowest BCUT2D eigenvalue weighted by Crippen LogP contribution is -2.54. The summed E-state index contributed by atoms with van der Waals surface area (Å²) in [5.74, 6) is -0.919. The third-order valence-electron chi connectivity index (χ3n) is 4.43. The Morgan fingerprint density at radius 1 is 0.970 bits per heavy atom. The minimum absolute atomic E-state index is 0.0757. The largest absolute Gasteiger partial charge is 0.493 e. The second-order valence-corrected chi connectivity index (χ2v) is 9.93. The standard InChI is InChI=1S/C22H28ClN3O6S/c1-13(2)20(26-33(29,30)17-8-6-7-16(23)12-17)22(28)25-24-21(27)15-9-10-18(32-14(3)4)19(11-15)31-5/h6-14,20,26H,1-5H3,(H,24,27)(H,25,28)/t20-/m0/s1. The molecule has 9 nitrogen and oxygen atoms in total. The number of hydrazine groups is 1. The first-order valence-corrected chi connectivity index (χ1v) is 12.0. The van der Waals surface area contributed by atoms with Gasteiger partial charge in [0.15, 0.2) is 11.5 Å². The van der Waals surface area contributed by atoms with Gasteiger partial charge in [0.2, 0.25) is 10.0 Å². The van der Waals surface area contributed by atoms with Gasteiger partial charge in [0.05, 0.1) is 18.1 Å². The molecule has 0 spiro atoms. The molecule has 0 radical (unpaired) electrons. The van der Waals surface area contributed by atoms with Crippen LogP contribution in [0.1, 0.15) is 38.1 Å². The highest BCUT2D eigenvalue weighted by atomic mass is 35.5. The fourth-order valence-electron chi connectivity index (χ4n) is 2.79.